The minimum absolute atomic E-state index is 0.301. The third-order valence-corrected chi connectivity index (χ3v) is 4.22. The van der Waals surface area contributed by atoms with Crippen molar-refractivity contribution in [3.8, 4) is 0 Å². The van der Waals surface area contributed by atoms with Crippen LogP contribution in [0.1, 0.15) is 6.42 Å². The molecule has 0 bridgehead atoms. The molecule has 0 aromatic rings. The number of carbonyl (C=O) groups excluding carboxylic acids is 1. The van der Waals surface area contributed by atoms with Crippen LogP contribution in [-0.2, 0) is 14.3 Å². The van der Waals surface area contributed by atoms with Crippen molar-refractivity contribution in [2.45, 2.75) is 66.5 Å². The van der Waals surface area contributed by atoms with Gasteiger partial charge in [0, 0.05) is 12.5 Å². The fraction of sp³-hybridized carbons (Fsp3) is 0.800. The zero-order valence-electron chi connectivity index (χ0n) is 17.1. The first kappa shape index (κ1) is 35.8. The molecule has 0 rings (SSSR count). The predicted octanol–water partition coefficient (Wildman–Crippen LogP) is 6.04. The largest absolute Gasteiger partial charge is 0.438 e. The maximum Gasteiger partial charge on any atom is 0.438 e. The van der Waals surface area contributed by atoms with Gasteiger partial charge in [-0.1, -0.05) is 6.58 Å². The Morgan fingerprint density at radius 3 is 1.34 bits per heavy atom. The second-order valence-corrected chi connectivity index (χ2v) is 6.78. The Bertz CT molecular complexity index is 845. The number of hydrogen-bond acceptors (Lipinski definition) is 4. The molecule has 0 fully saturated rings. The lowest BCUT2D eigenvalue weighted by atomic mass is 9.84. The monoisotopic (exact) mass is 614 g/mol. The molecule has 4 nitrogen and oxygen atoms in total. The van der Waals surface area contributed by atoms with E-state index >= 15 is 0 Å². The van der Waals surface area contributed by atoms with Crippen LogP contribution in [0, 0.1) is 0 Å². The van der Waals surface area contributed by atoms with Crippen LogP contribution in [0.25, 0.3) is 0 Å². The van der Waals surface area contributed by atoms with Gasteiger partial charge in [-0.3, -0.25) is 0 Å². The quantitative estimate of drug-likeness (QED) is 0.126. The summed E-state index contributed by atoms with van der Waals surface area (Å²) in [6.45, 7) is 0.517. The molecule has 0 radical (unpaired) electrons. The summed E-state index contributed by atoms with van der Waals surface area (Å²) in [7, 11) is 0. The Morgan fingerprint density at radius 1 is 0.658 bits per heavy atom. The Morgan fingerprint density at radius 2 is 1.00 bits per heavy atom. The van der Waals surface area contributed by atoms with E-state index in [0.717, 1.165) is 0 Å². The molecular weight excluding hydrogens is 605 g/mol. The van der Waals surface area contributed by atoms with Gasteiger partial charge in [0.1, 0.15) is 0 Å². The Labute approximate surface area is 195 Å². The molecule has 1 atom stereocenters. The normalized spacial score (nSPS) is 16.3. The minimum atomic E-state index is -9.13. The maximum atomic E-state index is 13.6. The van der Waals surface area contributed by atoms with E-state index in [-0.39, 0.29) is 0 Å². The summed E-state index contributed by atoms with van der Waals surface area (Å²) < 4.78 is 256. The highest BCUT2D eigenvalue weighted by molar-refractivity contribution is 5.81. The molecule has 226 valence electrons. The summed E-state index contributed by atoms with van der Waals surface area (Å²) in [5, 5.41) is 8.97. The van der Waals surface area contributed by atoms with Gasteiger partial charge >= 0.3 is 59.7 Å². The summed E-state index contributed by atoms with van der Waals surface area (Å²) in [4.78, 5) is 10.7. The highest BCUT2D eigenvalue weighted by Crippen LogP contribution is 2.66. The van der Waals surface area contributed by atoms with Crippen LogP contribution in [0.2, 0.25) is 0 Å². The van der Waals surface area contributed by atoms with Crippen molar-refractivity contribution in [3.63, 3.8) is 0 Å². The molecule has 0 aromatic carbocycles. The number of aliphatic hydroxyl groups excluding tert-OH is 1. The standard InChI is InChI=1S/C15H9F19O4/c1-2-5(35)38-6(36)3-4-37-15(33,34)12(25,26)11(23,24)10(21,22)9(19,20)8(17,18)7(16,13(27,28)29)14(30,31)32/h2,6,36H,1,3-4H2. The van der Waals surface area contributed by atoms with Crippen molar-refractivity contribution in [1.82, 2.24) is 0 Å². The zero-order valence-corrected chi connectivity index (χ0v) is 17.1. The maximum absolute atomic E-state index is 13.6. The zero-order chi connectivity index (χ0) is 31.2. The van der Waals surface area contributed by atoms with Gasteiger partial charge in [-0.2, -0.15) is 79.0 Å². The second-order valence-electron chi connectivity index (χ2n) is 6.78. The van der Waals surface area contributed by atoms with Gasteiger partial charge in [-0.15, -0.1) is 0 Å². The van der Waals surface area contributed by atoms with Crippen LogP contribution in [-0.4, -0.2) is 77.7 Å². The van der Waals surface area contributed by atoms with Gasteiger partial charge in [0.15, 0.2) is 0 Å². The molecular formula is C15H9F19O4. The van der Waals surface area contributed by atoms with Crippen LogP contribution in [0.3, 0.4) is 0 Å². The molecule has 0 aliphatic rings. The van der Waals surface area contributed by atoms with Crippen LogP contribution in [0.5, 0.6) is 0 Å². The molecule has 0 saturated carbocycles. The van der Waals surface area contributed by atoms with E-state index in [1.165, 1.54) is 0 Å². The number of alkyl halides is 19. The van der Waals surface area contributed by atoms with E-state index in [0.29, 0.717) is 6.08 Å². The van der Waals surface area contributed by atoms with Crippen LogP contribution in [0.15, 0.2) is 12.7 Å². The van der Waals surface area contributed by atoms with Crippen LogP contribution < -0.4 is 0 Å². The van der Waals surface area contributed by atoms with Crippen molar-refractivity contribution in [2.75, 3.05) is 6.61 Å². The van der Waals surface area contributed by atoms with Crippen LogP contribution >= 0.6 is 0 Å². The smallest absolute Gasteiger partial charge is 0.433 e. The molecule has 0 aliphatic carbocycles. The predicted molar refractivity (Wildman–Crippen MR) is 78.5 cm³/mol. The molecule has 38 heavy (non-hydrogen) atoms. The molecule has 1 N–H and O–H groups in total. The first-order valence-electron chi connectivity index (χ1n) is 8.59. The van der Waals surface area contributed by atoms with E-state index < -0.39 is 79.0 Å². The summed E-state index contributed by atoms with van der Waals surface area (Å²) >= 11 is 0. The molecule has 0 spiro atoms. The van der Waals surface area contributed by atoms with E-state index in [2.05, 4.69) is 16.1 Å². The number of rotatable bonds is 12. The van der Waals surface area contributed by atoms with E-state index in [4.69, 9.17) is 5.11 Å². The highest BCUT2D eigenvalue weighted by atomic mass is 19.4. The third kappa shape index (κ3) is 5.30. The second kappa shape index (κ2) is 10.1. The van der Waals surface area contributed by atoms with E-state index in [1.807, 2.05) is 0 Å². The molecule has 0 saturated heterocycles. The lowest BCUT2D eigenvalue weighted by molar-refractivity contribution is -0.484. The Balaban J connectivity index is 6.52. The third-order valence-electron chi connectivity index (χ3n) is 4.22. The Kier molecular flexibility index (Phi) is 9.50. The van der Waals surface area contributed by atoms with Gasteiger partial charge in [0.05, 0.1) is 6.61 Å². The van der Waals surface area contributed by atoms with E-state index in [9.17, 15) is 88.2 Å². The molecule has 0 aliphatic heterocycles. The number of esters is 1. The first-order chi connectivity index (χ1) is 16.3. The number of ether oxygens (including phenoxy) is 2. The van der Waals surface area contributed by atoms with Crippen molar-refractivity contribution >= 4 is 5.97 Å². The van der Waals surface area contributed by atoms with Gasteiger partial charge in [-0.05, 0) is 0 Å². The summed E-state index contributed by atoms with van der Waals surface area (Å²) in [6, 6.07) is 0. The molecule has 0 heterocycles. The fourth-order valence-electron chi connectivity index (χ4n) is 2.13. The van der Waals surface area contributed by atoms with Gasteiger partial charge in [-0.25, -0.2) is 9.18 Å². The van der Waals surface area contributed by atoms with Crippen LogP contribution in [0.4, 0.5) is 83.4 Å². The minimum Gasteiger partial charge on any atom is -0.433 e. The summed E-state index contributed by atoms with van der Waals surface area (Å²) in [5.41, 5.74) is -8.82. The SMILES string of the molecule is C=CC(=O)OC(O)CCOC(F)(F)C(F)(F)C(F)(F)C(F)(F)C(F)(F)C(F)(F)C(F)(C(F)(F)F)C(F)(F)F. The molecule has 0 amide bonds. The topological polar surface area (TPSA) is 55.8 Å². The summed E-state index contributed by atoms with van der Waals surface area (Å²) in [5.74, 6) is -45.7. The van der Waals surface area contributed by atoms with Crippen molar-refractivity contribution < 1.29 is 103 Å². The van der Waals surface area contributed by atoms with Crippen molar-refractivity contribution in [2.24, 2.45) is 0 Å². The average Bonchev–Trinajstić information content (AvgIpc) is 2.70. The summed E-state index contributed by atoms with van der Waals surface area (Å²) in [6.07, 6.45) is -27.8. The molecule has 1 unspecified atom stereocenters. The Hall–Kier alpha value is -2.20. The molecule has 23 heteroatoms. The van der Waals surface area contributed by atoms with E-state index in [1.54, 1.807) is 0 Å². The van der Waals surface area contributed by atoms with Gasteiger partial charge in [0.2, 0.25) is 6.29 Å². The van der Waals surface area contributed by atoms with Gasteiger partial charge < -0.3 is 14.6 Å². The lowest BCUT2D eigenvalue weighted by Crippen LogP contribution is -2.77. The van der Waals surface area contributed by atoms with Crippen molar-refractivity contribution in [1.29, 1.82) is 0 Å². The van der Waals surface area contributed by atoms with Gasteiger partial charge in [0.25, 0.3) is 0 Å². The van der Waals surface area contributed by atoms with Crippen molar-refractivity contribution in [3.05, 3.63) is 12.7 Å². The number of aliphatic hydroxyl groups is 1. The number of halogens is 19. The number of hydrogen-bond donors (Lipinski definition) is 1. The highest BCUT2D eigenvalue weighted by Gasteiger charge is 2.98. The number of carbonyl (C=O) groups is 1. The lowest BCUT2D eigenvalue weighted by Gasteiger charge is -2.44. The first-order valence-corrected chi connectivity index (χ1v) is 8.59. The fourth-order valence-corrected chi connectivity index (χ4v) is 2.13. The molecule has 0 aromatic heterocycles. The average molecular weight is 614 g/mol.